The summed E-state index contributed by atoms with van der Waals surface area (Å²) in [6, 6.07) is 2.83. The number of ether oxygens (including phenoxy) is 1. The first-order chi connectivity index (χ1) is 11.4. The lowest BCUT2D eigenvalue weighted by Crippen LogP contribution is -2.49. The Labute approximate surface area is 147 Å². The van der Waals surface area contributed by atoms with Crippen LogP contribution in [-0.2, 0) is 9.59 Å². The van der Waals surface area contributed by atoms with Gasteiger partial charge in [0.05, 0.1) is 17.2 Å². The number of hydrogen-bond acceptors (Lipinski definition) is 4. The maximum absolute atomic E-state index is 12.9. The average Bonchev–Trinajstić information content (AvgIpc) is 2.53. The SMILES string of the molecule is C[C@@H]1[C@H](C(=O)O)CCCN1C(=O)c1cc2c(cc1Br)NC(=O)CO2. The van der Waals surface area contributed by atoms with Crippen LogP contribution in [0, 0.1) is 5.92 Å². The van der Waals surface area contributed by atoms with E-state index in [2.05, 4.69) is 21.2 Å². The maximum Gasteiger partial charge on any atom is 0.308 e. The fourth-order valence-corrected chi connectivity index (χ4v) is 3.69. The van der Waals surface area contributed by atoms with Crippen molar-refractivity contribution in [1.29, 1.82) is 0 Å². The second kappa shape index (κ2) is 6.43. The zero-order valence-electron chi connectivity index (χ0n) is 13.0. The Morgan fingerprint density at radius 3 is 2.88 bits per heavy atom. The van der Waals surface area contributed by atoms with Gasteiger partial charge in [-0.05, 0) is 47.8 Å². The normalized spacial score (nSPS) is 23.1. The minimum Gasteiger partial charge on any atom is -0.482 e. The van der Waals surface area contributed by atoms with Gasteiger partial charge in [0.2, 0.25) is 0 Å². The second-order valence-electron chi connectivity index (χ2n) is 5.99. The van der Waals surface area contributed by atoms with E-state index in [-0.39, 0.29) is 24.5 Å². The molecule has 128 valence electrons. The fraction of sp³-hybridized carbons (Fsp3) is 0.438. The third-order valence-electron chi connectivity index (χ3n) is 4.50. The molecule has 2 atom stereocenters. The number of anilines is 1. The Morgan fingerprint density at radius 2 is 2.17 bits per heavy atom. The minimum absolute atomic E-state index is 0.0938. The van der Waals surface area contributed by atoms with Crippen LogP contribution in [0.2, 0.25) is 0 Å². The lowest BCUT2D eigenvalue weighted by atomic mass is 9.90. The molecule has 0 spiro atoms. The molecule has 0 bridgehead atoms. The molecule has 0 aromatic heterocycles. The van der Waals surface area contributed by atoms with Crippen molar-refractivity contribution < 1.29 is 24.2 Å². The van der Waals surface area contributed by atoms with Crippen molar-refractivity contribution in [3.63, 3.8) is 0 Å². The lowest BCUT2D eigenvalue weighted by Gasteiger charge is -2.37. The van der Waals surface area contributed by atoms with Gasteiger partial charge in [-0.1, -0.05) is 0 Å². The van der Waals surface area contributed by atoms with Gasteiger partial charge in [0, 0.05) is 17.1 Å². The first-order valence-electron chi connectivity index (χ1n) is 7.68. The Hall–Kier alpha value is -2.09. The number of nitrogens with zero attached hydrogens (tertiary/aromatic N) is 1. The molecular formula is C16H17BrN2O5. The number of hydrogen-bond donors (Lipinski definition) is 2. The van der Waals surface area contributed by atoms with Crippen LogP contribution in [0.25, 0.3) is 0 Å². The third kappa shape index (κ3) is 2.98. The molecule has 7 nitrogen and oxygen atoms in total. The second-order valence-corrected chi connectivity index (χ2v) is 6.85. The summed E-state index contributed by atoms with van der Waals surface area (Å²) >= 11 is 3.36. The number of likely N-dealkylation sites (tertiary alicyclic amines) is 1. The number of carboxylic acids is 1. The summed E-state index contributed by atoms with van der Waals surface area (Å²) in [4.78, 5) is 37.2. The van der Waals surface area contributed by atoms with Crippen molar-refractivity contribution in [3.05, 3.63) is 22.2 Å². The summed E-state index contributed by atoms with van der Waals surface area (Å²) in [7, 11) is 0. The largest absolute Gasteiger partial charge is 0.482 e. The van der Waals surface area contributed by atoms with Gasteiger partial charge in [0.15, 0.2) is 6.61 Å². The molecule has 1 fully saturated rings. The van der Waals surface area contributed by atoms with Crippen LogP contribution >= 0.6 is 15.9 Å². The number of carbonyl (C=O) groups is 3. The van der Waals surface area contributed by atoms with E-state index in [4.69, 9.17) is 4.74 Å². The summed E-state index contributed by atoms with van der Waals surface area (Å²) in [6.45, 7) is 2.19. The number of fused-ring (bicyclic) bond motifs is 1. The minimum atomic E-state index is -0.879. The Kier molecular flexibility index (Phi) is 4.49. The van der Waals surface area contributed by atoms with Gasteiger partial charge >= 0.3 is 5.97 Å². The zero-order valence-corrected chi connectivity index (χ0v) is 14.6. The van der Waals surface area contributed by atoms with Gasteiger partial charge in [-0.3, -0.25) is 14.4 Å². The number of aliphatic carboxylic acids is 1. The quantitative estimate of drug-likeness (QED) is 0.797. The molecule has 2 N–H and O–H groups in total. The van der Waals surface area contributed by atoms with E-state index in [0.717, 1.165) is 0 Å². The Bertz CT molecular complexity index is 721. The molecule has 0 radical (unpaired) electrons. The highest BCUT2D eigenvalue weighted by Gasteiger charge is 2.36. The predicted molar refractivity (Wildman–Crippen MR) is 89.1 cm³/mol. The van der Waals surface area contributed by atoms with Crippen molar-refractivity contribution in [2.24, 2.45) is 5.92 Å². The standard InChI is InChI=1S/C16H17BrN2O5/c1-8-9(16(22)23)3-2-4-19(8)15(21)10-5-13-12(6-11(10)17)18-14(20)7-24-13/h5-6,8-9H,2-4,7H2,1H3,(H,18,20)(H,22,23)/t8-,9-/m1/s1. The monoisotopic (exact) mass is 396 g/mol. The van der Waals surface area contributed by atoms with Gasteiger partial charge in [-0.15, -0.1) is 0 Å². The molecule has 2 aliphatic rings. The first-order valence-corrected chi connectivity index (χ1v) is 8.47. The van der Waals surface area contributed by atoms with Crippen molar-refractivity contribution in [2.75, 3.05) is 18.5 Å². The van der Waals surface area contributed by atoms with Crippen molar-refractivity contribution in [3.8, 4) is 5.75 Å². The highest BCUT2D eigenvalue weighted by Crippen LogP contribution is 2.35. The van der Waals surface area contributed by atoms with E-state index >= 15 is 0 Å². The number of amides is 2. The van der Waals surface area contributed by atoms with Gasteiger partial charge in [-0.2, -0.15) is 0 Å². The van der Waals surface area contributed by atoms with E-state index < -0.39 is 11.9 Å². The summed E-state index contributed by atoms with van der Waals surface area (Å²) in [6.07, 6.45) is 1.23. The fourth-order valence-electron chi connectivity index (χ4n) is 3.18. The van der Waals surface area contributed by atoms with Crippen LogP contribution in [0.4, 0.5) is 5.69 Å². The molecule has 24 heavy (non-hydrogen) atoms. The molecular weight excluding hydrogens is 380 g/mol. The van der Waals surface area contributed by atoms with Gasteiger partial charge in [0.25, 0.3) is 11.8 Å². The van der Waals surface area contributed by atoms with E-state index in [0.29, 0.717) is 40.9 Å². The van der Waals surface area contributed by atoms with Gasteiger partial charge in [-0.25, -0.2) is 0 Å². The highest BCUT2D eigenvalue weighted by molar-refractivity contribution is 9.10. The van der Waals surface area contributed by atoms with Crippen LogP contribution in [0.15, 0.2) is 16.6 Å². The number of carboxylic acid groups (broad SMARTS) is 1. The number of piperidine rings is 1. The van der Waals surface area contributed by atoms with Crippen LogP contribution in [0.3, 0.4) is 0 Å². The molecule has 3 rings (SSSR count). The smallest absolute Gasteiger partial charge is 0.308 e. The van der Waals surface area contributed by atoms with Crippen LogP contribution < -0.4 is 10.1 Å². The number of benzene rings is 1. The number of nitrogens with one attached hydrogen (secondary N) is 1. The topological polar surface area (TPSA) is 95.9 Å². The molecule has 2 amide bonds. The highest BCUT2D eigenvalue weighted by atomic mass is 79.9. The average molecular weight is 397 g/mol. The van der Waals surface area contributed by atoms with Gasteiger partial charge in [0.1, 0.15) is 5.75 Å². The lowest BCUT2D eigenvalue weighted by molar-refractivity contribution is -0.145. The maximum atomic E-state index is 12.9. The number of rotatable bonds is 2. The van der Waals surface area contributed by atoms with Crippen LogP contribution in [0.1, 0.15) is 30.1 Å². The molecule has 0 unspecified atom stereocenters. The molecule has 1 saturated heterocycles. The molecule has 1 aromatic carbocycles. The van der Waals surface area contributed by atoms with E-state index in [9.17, 15) is 19.5 Å². The Morgan fingerprint density at radius 1 is 1.42 bits per heavy atom. The van der Waals surface area contributed by atoms with Crippen molar-refractivity contribution in [1.82, 2.24) is 4.90 Å². The Balaban J connectivity index is 1.90. The summed E-state index contributed by atoms with van der Waals surface area (Å²) in [5, 5.41) is 12.0. The summed E-state index contributed by atoms with van der Waals surface area (Å²) in [5.74, 6) is -1.50. The molecule has 0 saturated carbocycles. The molecule has 2 aliphatic heterocycles. The summed E-state index contributed by atoms with van der Waals surface area (Å²) < 4.78 is 5.89. The van der Waals surface area contributed by atoms with Gasteiger partial charge < -0.3 is 20.1 Å². The molecule has 2 heterocycles. The van der Waals surface area contributed by atoms with Crippen LogP contribution in [0.5, 0.6) is 5.75 Å². The van der Waals surface area contributed by atoms with Crippen molar-refractivity contribution in [2.45, 2.75) is 25.8 Å². The third-order valence-corrected chi connectivity index (χ3v) is 5.15. The van der Waals surface area contributed by atoms with Crippen LogP contribution in [-0.4, -0.2) is 47.0 Å². The molecule has 1 aromatic rings. The zero-order chi connectivity index (χ0) is 17.4. The first kappa shape index (κ1) is 16.8. The van der Waals surface area contributed by atoms with E-state index in [1.54, 1.807) is 24.0 Å². The summed E-state index contributed by atoms with van der Waals surface area (Å²) in [5.41, 5.74) is 0.896. The van der Waals surface area contributed by atoms with E-state index in [1.165, 1.54) is 0 Å². The molecule has 8 heteroatoms. The van der Waals surface area contributed by atoms with Crippen molar-refractivity contribution >= 4 is 39.4 Å². The predicted octanol–water partition coefficient (Wildman–Crippen LogP) is 2.11. The number of halogens is 1. The number of carbonyl (C=O) groups excluding carboxylic acids is 2. The van der Waals surface area contributed by atoms with E-state index in [1.807, 2.05) is 0 Å². The molecule has 0 aliphatic carbocycles.